The van der Waals surface area contributed by atoms with E-state index in [1.807, 2.05) is 11.9 Å². The lowest BCUT2D eigenvalue weighted by Crippen LogP contribution is -2.51. The van der Waals surface area contributed by atoms with Crippen LogP contribution in [-0.2, 0) is 20.6 Å². The first-order valence-corrected chi connectivity index (χ1v) is 11.1. The highest BCUT2D eigenvalue weighted by Gasteiger charge is 2.34. The van der Waals surface area contributed by atoms with Crippen molar-refractivity contribution in [3.8, 4) is 0 Å². The van der Waals surface area contributed by atoms with Crippen LogP contribution in [0.3, 0.4) is 0 Å². The van der Waals surface area contributed by atoms with Gasteiger partial charge in [-0.05, 0) is 32.0 Å². The summed E-state index contributed by atoms with van der Waals surface area (Å²) in [4.78, 5) is 16.7. The number of amides is 1. The van der Waals surface area contributed by atoms with Crippen molar-refractivity contribution in [2.45, 2.75) is 18.6 Å². The van der Waals surface area contributed by atoms with E-state index in [0.717, 1.165) is 26.2 Å². The van der Waals surface area contributed by atoms with Crippen LogP contribution in [0.2, 0.25) is 5.02 Å². The van der Waals surface area contributed by atoms with E-state index in [1.165, 1.54) is 22.5 Å². The molecule has 6 nitrogen and oxygen atoms in total. The van der Waals surface area contributed by atoms with Crippen molar-refractivity contribution in [2.75, 3.05) is 46.3 Å². The fourth-order valence-corrected chi connectivity index (χ4v) is 5.53. The second-order valence-electron chi connectivity index (χ2n) is 7.26. The molecule has 2 aliphatic rings. The summed E-state index contributed by atoms with van der Waals surface area (Å²) in [6.45, 7) is 3.72. The van der Waals surface area contributed by atoms with Crippen molar-refractivity contribution < 1.29 is 17.6 Å². The average molecular weight is 418 g/mol. The molecule has 1 amide bonds. The average Bonchev–Trinajstić information content (AvgIpc) is 2.65. The minimum Gasteiger partial charge on any atom is -0.340 e. The molecule has 0 bridgehead atoms. The van der Waals surface area contributed by atoms with E-state index in [0.29, 0.717) is 12.8 Å². The Kier molecular flexibility index (Phi) is 6.40. The van der Waals surface area contributed by atoms with Gasteiger partial charge in [0.15, 0.2) is 0 Å². The molecule has 0 N–H and O–H groups in total. The lowest BCUT2D eigenvalue weighted by molar-refractivity contribution is -0.138. The Morgan fingerprint density at radius 1 is 1.15 bits per heavy atom. The van der Waals surface area contributed by atoms with Gasteiger partial charge in [0.05, 0.1) is 5.75 Å². The molecule has 2 heterocycles. The first kappa shape index (κ1) is 20.5. The highest BCUT2D eigenvalue weighted by atomic mass is 35.5. The third-order valence-electron chi connectivity index (χ3n) is 5.40. The van der Waals surface area contributed by atoms with Gasteiger partial charge in [0.1, 0.15) is 5.82 Å². The molecule has 2 aliphatic heterocycles. The Morgan fingerprint density at radius 3 is 2.37 bits per heavy atom. The Bertz CT molecular complexity index is 769. The number of carbonyl (C=O) groups excluding carboxylic acids is 1. The minimum absolute atomic E-state index is 0.00481. The maximum Gasteiger partial charge on any atom is 0.225 e. The zero-order valence-electron chi connectivity index (χ0n) is 15.4. The number of carbonyl (C=O) groups is 1. The Balaban J connectivity index is 1.59. The van der Waals surface area contributed by atoms with E-state index in [1.54, 1.807) is 0 Å². The number of rotatable bonds is 4. The first-order valence-electron chi connectivity index (χ1n) is 9.16. The summed E-state index contributed by atoms with van der Waals surface area (Å²) in [6, 6.07) is 4.14. The minimum atomic E-state index is -3.69. The molecule has 0 aromatic heterocycles. The van der Waals surface area contributed by atoms with E-state index in [-0.39, 0.29) is 35.5 Å². The molecule has 0 aliphatic carbocycles. The van der Waals surface area contributed by atoms with Crippen molar-refractivity contribution >= 4 is 27.5 Å². The predicted octanol–water partition coefficient (Wildman–Crippen LogP) is 1.79. The number of likely N-dealkylation sites (N-methyl/N-ethyl adjacent to an activating group) is 1. The van der Waals surface area contributed by atoms with Crippen LogP contribution in [0, 0.1) is 11.7 Å². The number of hydrogen-bond donors (Lipinski definition) is 0. The molecule has 1 aromatic rings. The molecule has 2 saturated heterocycles. The molecule has 0 spiro atoms. The molecule has 0 radical (unpaired) electrons. The molecule has 0 atom stereocenters. The number of sulfonamides is 1. The van der Waals surface area contributed by atoms with Gasteiger partial charge >= 0.3 is 0 Å². The lowest BCUT2D eigenvalue weighted by atomic mass is 9.96. The highest BCUT2D eigenvalue weighted by molar-refractivity contribution is 7.88. The van der Waals surface area contributed by atoms with Gasteiger partial charge in [-0.1, -0.05) is 17.7 Å². The van der Waals surface area contributed by atoms with Gasteiger partial charge < -0.3 is 9.80 Å². The topological polar surface area (TPSA) is 60.9 Å². The van der Waals surface area contributed by atoms with E-state index in [2.05, 4.69) is 4.90 Å². The number of piperidine rings is 1. The molecule has 9 heteroatoms. The molecule has 1 aromatic carbocycles. The molecule has 150 valence electrons. The normalized spacial score (nSPS) is 20.8. The second-order valence-corrected chi connectivity index (χ2v) is 9.63. The molecule has 3 rings (SSSR count). The summed E-state index contributed by atoms with van der Waals surface area (Å²) < 4.78 is 40.6. The van der Waals surface area contributed by atoms with Crippen molar-refractivity contribution in [1.29, 1.82) is 0 Å². The standard InChI is InChI=1S/C18H25ClFN3O3S/c1-21-9-11-22(12-10-21)18(24)14-5-7-23(8-6-14)27(25,26)13-15-16(19)3-2-4-17(15)20/h2-4,14H,5-13H2,1H3. The van der Waals surface area contributed by atoms with E-state index < -0.39 is 21.6 Å². The van der Waals surface area contributed by atoms with Crippen LogP contribution in [-0.4, -0.2) is 74.7 Å². The number of halogens is 2. The van der Waals surface area contributed by atoms with Crippen LogP contribution in [0.4, 0.5) is 4.39 Å². The van der Waals surface area contributed by atoms with Crippen LogP contribution in [0.5, 0.6) is 0 Å². The molecule has 0 saturated carbocycles. The van der Waals surface area contributed by atoms with Gasteiger partial charge in [-0.15, -0.1) is 0 Å². The third kappa shape index (κ3) is 4.80. The molecule has 2 fully saturated rings. The van der Waals surface area contributed by atoms with Crippen molar-refractivity contribution in [2.24, 2.45) is 5.92 Å². The molecule has 0 unspecified atom stereocenters. The molecular weight excluding hydrogens is 393 g/mol. The Hall–Kier alpha value is -1.22. The first-order chi connectivity index (χ1) is 12.8. The predicted molar refractivity (Wildman–Crippen MR) is 102 cm³/mol. The van der Waals surface area contributed by atoms with Gasteiger partial charge in [0, 0.05) is 55.8 Å². The van der Waals surface area contributed by atoms with Crippen molar-refractivity contribution in [3.05, 3.63) is 34.6 Å². The van der Waals surface area contributed by atoms with Crippen molar-refractivity contribution in [1.82, 2.24) is 14.1 Å². The SMILES string of the molecule is CN1CCN(C(=O)C2CCN(S(=O)(=O)Cc3c(F)cccc3Cl)CC2)CC1. The number of nitrogens with zero attached hydrogens (tertiary/aromatic N) is 3. The Morgan fingerprint density at radius 2 is 1.78 bits per heavy atom. The summed E-state index contributed by atoms with van der Waals surface area (Å²) in [5.74, 6) is -1.10. The van der Waals surface area contributed by atoms with E-state index >= 15 is 0 Å². The zero-order chi connectivity index (χ0) is 19.6. The summed E-state index contributed by atoms with van der Waals surface area (Å²) in [6.07, 6.45) is 0.991. The smallest absolute Gasteiger partial charge is 0.225 e. The van der Waals surface area contributed by atoms with E-state index in [9.17, 15) is 17.6 Å². The quantitative estimate of drug-likeness (QED) is 0.749. The summed E-state index contributed by atoms with van der Waals surface area (Å²) >= 11 is 5.96. The molecular formula is C18H25ClFN3O3S. The lowest BCUT2D eigenvalue weighted by Gasteiger charge is -2.37. The number of piperazine rings is 1. The number of benzene rings is 1. The monoisotopic (exact) mass is 417 g/mol. The summed E-state index contributed by atoms with van der Waals surface area (Å²) in [5.41, 5.74) is -0.00481. The molecule has 27 heavy (non-hydrogen) atoms. The zero-order valence-corrected chi connectivity index (χ0v) is 17.0. The highest BCUT2D eigenvalue weighted by Crippen LogP contribution is 2.26. The maximum absolute atomic E-state index is 13.9. The number of hydrogen-bond acceptors (Lipinski definition) is 4. The maximum atomic E-state index is 13.9. The van der Waals surface area contributed by atoms with Gasteiger partial charge in [-0.25, -0.2) is 17.1 Å². The van der Waals surface area contributed by atoms with Crippen LogP contribution in [0.15, 0.2) is 18.2 Å². The van der Waals surface area contributed by atoms with Gasteiger partial charge in [-0.2, -0.15) is 0 Å². The van der Waals surface area contributed by atoms with Gasteiger partial charge in [0.25, 0.3) is 0 Å². The van der Waals surface area contributed by atoms with Crippen LogP contribution in [0.1, 0.15) is 18.4 Å². The van der Waals surface area contributed by atoms with Gasteiger partial charge in [-0.3, -0.25) is 4.79 Å². The fourth-order valence-electron chi connectivity index (χ4n) is 3.61. The second kappa shape index (κ2) is 8.43. The van der Waals surface area contributed by atoms with Crippen LogP contribution < -0.4 is 0 Å². The summed E-state index contributed by atoms with van der Waals surface area (Å²) in [5, 5.41) is 0.110. The van der Waals surface area contributed by atoms with E-state index in [4.69, 9.17) is 11.6 Å². The van der Waals surface area contributed by atoms with Crippen molar-refractivity contribution in [3.63, 3.8) is 0 Å². The van der Waals surface area contributed by atoms with Crippen LogP contribution >= 0.6 is 11.6 Å². The fraction of sp³-hybridized carbons (Fsp3) is 0.611. The van der Waals surface area contributed by atoms with Gasteiger partial charge in [0.2, 0.25) is 15.9 Å². The third-order valence-corrected chi connectivity index (χ3v) is 7.56. The Labute approximate surface area is 164 Å². The summed E-state index contributed by atoms with van der Waals surface area (Å²) in [7, 11) is -1.65. The van der Waals surface area contributed by atoms with Crippen LogP contribution in [0.25, 0.3) is 0 Å². The largest absolute Gasteiger partial charge is 0.340 e.